The van der Waals surface area contributed by atoms with Gasteiger partial charge in [-0.25, -0.2) is 4.39 Å². The summed E-state index contributed by atoms with van der Waals surface area (Å²) in [5, 5.41) is 3.24. The van der Waals surface area contributed by atoms with Crippen LogP contribution in [-0.4, -0.2) is 18.7 Å². The summed E-state index contributed by atoms with van der Waals surface area (Å²) < 4.78 is 19.7. The number of benzene rings is 1. The van der Waals surface area contributed by atoms with E-state index in [1.165, 1.54) is 6.07 Å². The van der Waals surface area contributed by atoms with Crippen LogP contribution in [0, 0.1) is 5.82 Å². The maximum Gasteiger partial charge on any atom is 0.165 e. The van der Waals surface area contributed by atoms with Crippen molar-refractivity contribution in [2.24, 2.45) is 0 Å². The van der Waals surface area contributed by atoms with Gasteiger partial charge in [-0.15, -0.1) is 0 Å². The molecule has 1 unspecified atom stereocenters. The van der Waals surface area contributed by atoms with Crippen molar-refractivity contribution in [2.75, 3.05) is 6.54 Å². The van der Waals surface area contributed by atoms with E-state index in [1.54, 1.807) is 12.1 Å². The van der Waals surface area contributed by atoms with Crippen LogP contribution in [0.15, 0.2) is 22.7 Å². The molecule has 0 bridgehead atoms. The molecule has 0 fully saturated rings. The van der Waals surface area contributed by atoms with Crippen molar-refractivity contribution in [2.45, 2.75) is 32.9 Å². The molecule has 1 atom stereocenters. The van der Waals surface area contributed by atoms with Gasteiger partial charge in [0, 0.05) is 17.1 Å². The molecule has 0 spiro atoms. The Bertz CT molecular complexity index is 344. The SMILES string of the molecule is CC(C)NCC(C)Oc1cc(Br)ccc1F. The fraction of sp³-hybridized carbons (Fsp3) is 0.500. The van der Waals surface area contributed by atoms with Crippen LogP contribution in [-0.2, 0) is 0 Å². The predicted molar refractivity (Wildman–Crippen MR) is 67.3 cm³/mol. The number of hydrogen-bond acceptors (Lipinski definition) is 2. The molecule has 0 aliphatic heterocycles. The topological polar surface area (TPSA) is 21.3 Å². The van der Waals surface area contributed by atoms with E-state index in [-0.39, 0.29) is 17.7 Å². The highest BCUT2D eigenvalue weighted by Gasteiger charge is 2.09. The largest absolute Gasteiger partial charge is 0.486 e. The smallest absolute Gasteiger partial charge is 0.165 e. The van der Waals surface area contributed by atoms with Gasteiger partial charge in [0.05, 0.1) is 0 Å². The Balaban J connectivity index is 2.55. The third-order valence-corrected chi connectivity index (χ3v) is 2.53. The van der Waals surface area contributed by atoms with Gasteiger partial charge in [-0.3, -0.25) is 0 Å². The van der Waals surface area contributed by atoms with Crippen molar-refractivity contribution >= 4 is 15.9 Å². The second-order valence-electron chi connectivity index (χ2n) is 4.07. The van der Waals surface area contributed by atoms with Gasteiger partial charge in [-0.05, 0) is 25.1 Å². The molecule has 0 aliphatic carbocycles. The van der Waals surface area contributed by atoms with E-state index in [1.807, 2.05) is 6.92 Å². The first-order valence-corrected chi connectivity index (χ1v) is 6.13. The number of halogens is 2. The van der Waals surface area contributed by atoms with Crippen LogP contribution in [0.5, 0.6) is 5.75 Å². The first-order valence-electron chi connectivity index (χ1n) is 5.34. The van der Waals surface area contributed by atoms with Crippen LogP contribution in [0.2, 0.25) is 0 Å². The molecule has 0 saturated carbocycles. The van der Waals surface area contributed by atoms with Crippen LogP contribution in [0.25, 0.3) is 0 Å². The summed E-state index contributed by atoms with van der Waals surface area (Å²) in [4.78, 5) is 0. The zero-order chi connectivity index (χ0) is 12.1. The summed E-state index contributed by atoms with van der Waals surface area (Å²) in [6, 6.07) is 5.08. The van der Waals surface area contributed by atoms with E-state index in [2.05, 4.69) is 35.1 Å². The van der Waals surface area contributed by atoms with Crippen molar-refractivity contribution in [1.82, 2.24) is 5.32 Å². The van der Waals surface area contributed by atoms with Crippen LogP contribution >= 0.6 is 15.9 Å². The van der Waals surface area contributed by atoms with E-state index in [4.69, 9.17) is 4.74 Å². The molecular weight excluding hydrogens is 273 g/mol. The minimum atomic E-state index is -0.334. The van der Waals surface area contributed by atoms with Gasteiger partial charge >= 0.3 is 0 Å². The highest BCUT2D eigenvalue weighted by molar-refractivity contribution is 9.10. The molecular formula is C12H17BrFNO. The number of rotatable bonds is 5. The summed E-state index contributed by atoms with van der Waals surface area (Å²) in [5.41, 5.74) is 0. The number of nitrogens with one attached hydrogen (secondary N) is 1. The van der Waals surface area contributed by atoms with E-state index >= 15 is 0 Å². The fourth-order valence-corrected chi connectivity index (χ4v) is 1.57. The Labute approximate surface area is 104 Å². The Morgan fingerprint density at radius 2 is 2.06 bits per heavy atom. The van der Waals surface area contributed by atoms with Crippen LogP contribution in [0.4, 0.5) is 4.39 Å². The molecule has 1 rings (SSSR count). The third kappa shape index (κ3) is 4.49. The predicted octanol–water partition coefficient (Wildman–Crippen LogP) is 3.35. The van der Waals surface area contributed by atoms with E-state index in [0.29, 0.717) is 12.6 Å². The molecule has 16 heavy (non-hydrogen) atoms. The zero-order valence-electron chi connectivity index (χ0n) is 9.76. The molecule has 0 saturated heterocycles. The molecule has 0 radical (unpaired) electrons. The summed E-state index contributed by atoms with van der Waals surface area (Å²) in [5.74, 6) is -0.0490. The molecule has 0 amide bonds. The molecule has 90 valence electrons. The van der Waals surface area contributed by atoms with Gasteiger partial charge in [0.1, 0.15) is 6.10 Å². The first kappa shape index (κ1) is 13.5. The lowest BCUT2D eigenvalue weighted by Crippen LogP contribution is -2.33. The zero-order valence-corrected chi connectivity index (χ0v) is 11.3. The molecule has 0 heterocycles. The maximum absolute atomic E-state index is 13.4. The number of ether oxygens (including phenoxy) is 1. The van der Waals surface area contributed by atoms with Crippen LogP contribution in [0.3, 0.4) is 0 Å². The van der Waals surface area contributed by atoms with Crippen molar-refractivity contribution < 1.29 is 9.13 Å². The minimum absolute atomic E-state index is 0.0637. The van der Waals surface area contributed by atoms with E-state index < -0.39 is 0 Å². The van der Waals surface area contributed by atoms with Crippen LogP contribution < -0.4 is 10.1 Å². The maximum atomic E-state index is 13.4. The Morgan fingerprint density at radius 1 is 1.38 bits per heavy atom. The molecule has 1 aromatic rings. The molecule has 4 heteroatoms. The molecule has 0 aliphatic rings. The van der Waals surface area contributed by atoms with E-state index in [9.17, 15) is 4.39 Å². The van der Waals surface area contributed by atoms with Crippen molar-refractivity contribution in [1.29, 1.82) is 0 Å². The standard InChI is InChI=1S/C12H17BrFNO/c1-8(2)15-7-9(3)16-12-6-10(13)4-5-11(12)14/h4-6,8-9,15H,7H2,1-3H3. The van der Waals surface area contributed by atoms with Crippen LogP contribution in [0.1, 0.15) is 20.8 Å². The van der Waals surface area contributed by atoms with E-state index in [0.717, 1.165) is 4.47 Å². The summed E-state index contributed by atoms with van der Waals surface area (Å²) in [6.45, 7) is 6.73. The van der Waals surface area contributed by atoms with Gasteiger partial charge in [-0.1, -0.05) is 29.8 Å². The second-order valence-corrected chi connectivity index (χ2v) is 4.98. The lowest BCUT2D eigenvalue weighted by molar-refractivity contribution is 0.204. The minimum Gasteiger partial charge on any atom is -0.486 e. The number of hydrogen-bond donors (Lipinski definition) is 1. The Kier molecular flexibility index (Phi) is 5.22. The lowest BCUT2D eigenvalue weighted by atomic mass is 10.3. The summed E-state index contributed by atoms with van der Waals surface area (Å²) in [6.07, 6.45) is -0.0637. The average Bonchev–Trinajstić information content (AvgIpc) is 2.20. The van der Waals surface area contributed by atoms with Gasteiger partial charge in [0.15, 0.2) is 11.6 Å². The van der Waals surface area contributed by atoms with Crippen molar-refractivity contribution in [3.63, 3.8) is 0 Å². The second kappa shape index (κ2) is 6.21. The molecule has 1 aromatic carbocycles. The summed E-state index contributed by atoms with van der Waals surface area (Å²) >= 11 is 3.29. The van der Waals surface area contributed by atoms with Gasteiger partial charge in [0.2, 0.25) is 0 Å². The van der Waals surface area contributed by atoms with Gasteiger partial charge < -0.3 is 10.1 Å². The van der Waals surface area contributed by atoms with Gasteiger partial charge in [0.25, 0.3) is 0 Å². The molecule has 0 aromatic heterocycles. The average molecular weight is 290 g/mol. The Hall–Kier alpha value is -0.610. The monoisotopic (exact) mass is 289 g/mol. The lowest BCUT2D eigenvalue weighted by Gasteiger charge is -2.17. The normalized spacial score (nSPS) is 12.9. The third-order valence-electron chi connectivity index (χ3n) is 2.03. The first-order chi connectivity index (χ1) is 7.49. The molecule has 1 N–H and O–H groups in total. The quantitative estimate of drug-likeness (QED) is 0.898. The highest BCUT2D eigenvalue weighted by atomic mass is 79.9. The fourth-order valence-electron chi connectivity index (χ4n) is 1.23. The molecule has 2 nitrogen and oxygen atoms in total. The van der Waals surface area contributed by atoms with Gasteiger partial charge in [-0.2, -0.15) is 0 Å². The highest BCUT2D eigenvalue weighted by Crippen LogP contribution is 2.23. The van der Waals surface area contributed by atoms with Crippen molar-refractivity contribution in [3.05, 3.63) is 28.5 Å². The summed E-state index contributed by atoms with van der Waals surface area (Å²) in [7, 11) is 0. The Morgan fingerprint density at radius 3 is 2.69 bits per heavy atom. The van der Waals surface area contributed by atoms with Crippen molar-refractivity contribution in [3.8, 4) is 5.75 Å².